The number of aliphatic carboxylic acids is 1. The van der Waals surface area contributed by atoms with Crippen molar-refractivity contribution in [3.63, 3.8) is 0 Å². The zero-order chi connectivity index (χ0) is 16.1. The SMILES string of the molecule is CC[C@@H](c1cccc(Br)c1)[C@@H](C(=O)O)c1ccc(OC)cc1. The first kappa shape index (κ1) is 16.6. The van der Waals surface area contributed by atoms with E-state index in [9.17, 15) is 9.90 Å². The molecule has 1 N–H and O–H groups in total. The van der Waals surface area contributed by atoms with Crippen LogP contribution < -0.4 is 4.74 Å². The number of carbonyl (C=O) groups is 1. The van der Waals surface area contributed by atoms with Crippen molar-refractivity contribution >= 4 is 21.9 Å². The minimum absolute atomic E-state index is 0.0802. The van der Waals surface area contributed by atoms with E-state index in [2.05, 4.69) is 15.9 Å². The fraction of sp³-hybridized carbons (Fsp3) is 0.278. The van der Waals surface area contributed by atoms with Crippen LogP contribution in [0, 0.1) is 0 Å². The highest BCUT2D eigenvalue weighted by Gasteiger charge is 2.30. The molecule has 0 saturated heterocycles. The van der Waals surface area contributed by atoms with Crippen LogP contribution in [-0.2, 0) is 4.79 Å². The number of methoxy groups -OCH3 is 1. The first-order chi connectivity index (χ1) is 10.6. The van der Waals surface area contributed by atoms with E-state index in [-0.39, 0.29) is 5.92 Å². The van der Waals surface area contributed by atoms with Gasteiger partial charge in [0, 0.05) is 10.4 Å². The van der Waals surface area contributed by atoms with Crippen molar-refractivity contribution in [3.8, 4) is 5.75 Å². The number of carboxylic acid groups (broad SMARTS) is 1. The van der Waals surface area contributed by atoms with Gasteiger partial charge in [-0.1, -0.05) is 47.1 Å². The van der Waals surface area contributed by atoms with Crippen molar-refractivity contribution in [1.82, 2.24) is 0 Å². The average Bonchev–Trinajstić information content (AvgIpc) is 2.52. The van der Waals surface area contributed by atoms with Gasteiger partial charge in [0.15, 0.2) is 0 Å². The molecule has 0 radical (unpaired) electrons. The third-order valence-electron chi connectivity index (χ3n) is 3.86. The molecular formula is C18H19BrO3. The Labute approximate surface area is 139 Å². The highest BCUT2D eigenvalue weighted by Crippen LogP contribution is 2.37. The van der Waals surface area contributed by atoms with Crippen molar-refractivity contribution in [1.29, 1.82) is 0 Å². The number of hydrogen-bond acceptors (Lipinski definition) is 2. The fourth-order valence-electron chi connectivity index (χ4n) is 2.76. The maximum atomic E-state index is 11.9. The topological polar surface area (TPSA) is 46.5 Å². The maximum absolute atomic E-state index is 11.9. The molecule has 0 aliphatic rings. The van der Waals surface area contributed by atoms with Crippen LogP contribution in [0.3, 0.4) is 0 Å². The molecule has 0 saturated carbocycles. The number of benzene rings is 2. The van der Waals surface area contributed by atoms with E-state index in [0.717, 1.165) is 27.8 Å². The number of halogens is 1. The molecule has 3 nitrogen and oxygen atoms in total. The molecule has 0 amide bonds. The quantitative estimate of drug-likeness (QED) is 0.801. The number of rotatable bonds is 6. The molecule has 0 aliphatic carbocycles. The first-order valence-electron chi connectivity index (χ1n) is 7.19. The van der Waals surface area contributed by atoms with Gasteiger partial charge in [0.05, 0.1) is 13.0 Å². The molecule has 22 heavy (non-hydrogen) atoms. The summed E-state index contributed by atoms with van der Waals surface area (Å²) in [4.78, 5) is 11.9. The Kier molecular flexibility index (Phi) is 5.61. The molecule has 4 heteroatoms. The van der Waals surface area contributed by atoms with E-state index in [1.165, 1.54) is 0 Å². The van der Waals surface area contributed by atoms with Gasteiger partial charge in [-0.2, -0.15) is 0 Å². The monoisotopic (exact) mass is 362 g/mol. The molecule has 0 spiro atoms. The van der Waals surface area contributed by atoms with E-state index in [0.29, 0.717) is 0 Å². The van der Waals surface area contributed by atoms with Crippen molar-refractivity contribution in [3.05, 3.63) is 64.1 Å². The normalized spacial score (nSPS) is 13.4. The lowest BCUT2D eigenvalue weighted by atomic mass is 9.80. The minimum atomic E-state index is -0.808. The molecule has 0 fully saturated rings. The predicted octanol–water partition coefficient (Wildman–Crippen LogP) is 4.82. The largest absolute Gasteiger partial charge is 0.497 e. The Morgan fingerprint density at radius 1 is 1.18 bits per heavy atom. The lowest BCUT2D eigenvalue weighted by molar-refractivity contribution is -0.139. The van der Waals surface area contributed by atoms with Gasteiger partial charge < -0.3 is 9.84 Å². The van der Waals surface area contributed by atoms with E-state index in [1.807, 2.05) is 43.3 Å². The van der Waals surface area contributed by atoms with Gasteiger partial charge in [0.2, 0.25) is 0 Å². The molecular weight excluding hydrogens is 344 g/mol. The van der Waals surface area contributed by atoms with Crippen LogP contribution in [0.5, 0.6) is 5.75 Å². The van der Waals surface area contributed by atoms with Gasteiger partial charge in [0.1, 0.15) is 5.75 Å². The van der Waals surface area contributed by atoms with Gasteiger partial charge in [-0.05, 0) is 41.8 Å². The predicted molar refractivity (Wildman–Crippen MR) is 90.5 cm³/mol. The Hall–Kier alpha value is -1.81. The summed E-state index contributed by atoms with van der Waals surface area (Å²) in [7, 11) is 1.60. The lowest BCUT2D eigenvalue weighted by Gasteiger charge is -2.24. The van der Waals surface area contributed by atoms with Crippen molar-refractivity contribution in [2.24, 2.45) is 0 Å². The molecule has 2 aromatic carbocycles. The standard InChI is InChI=1S/C18H19BrO3/c1-3-16(13-5-4-6-14(19)11-13)17(18(20)21)12-7-9-15(22-2)10-8-12/h4-11,16-17H,3H2,1-2H3,(H,20,21)/t16-,17-/m0/s1. The first-order valence-corrected chi connectivity index (χ1v) is 7.98. The van der Waals surface area contributed by atoms with E-state index >= 15 is 0 Å². The van der Waals surface area contributed by atoms with Gasteiger partial charge in [0.25, 0.3) is 0 Å². The van der Waals surface area contributed by atoms with Crippen molar-refractivity contribution < 1.29 is 14.6 Å². The Morgan fingerprint density at radius 3 is 2.36 bits per heavy atom. The molecule has 0 unspecified atom stereocenters. The third-order valence-corrected chi connectivity index (χ3v) is 4.35. The van der Waals surface area contributed by atoms with Gasteiger partial charge in [-0.15, -0.1) is 0 Å². The summed E-state index contributed by atoms with van der Waals surface area (Å²) in [5, 5.41) is 9.74. The van der Waals surface area contributed by atoms with Crippen LogP contribution in [0.4, 0.5) is 0 Å². The summed E-state index contributed by atoms with van der Waals surface area (Å²) in [6, 6.07) is 15.1. The third kappa shape index (κ3) is 3.69. The Balaban J connectivity index is 2.41. The van der Waals surface area contributed by atoms with Crippen LogP contribution in [0.25, 0.3) is 0 Å². The second kappa shape index (κ2) is 7.45. The highest BCUT2D eigenvalue weighted by molar-refractivity contribution is 9.10. The number of carboxylic acids is 1. The van der Waals surface area contributed by atoms with Crippen LogP contribution in [0.1, 0.15) is 36.3 Å². The van der Waals surface area contributed by atoms with Gasteiger partial charge in [-0.25, -0.2) is 0 Å². The lowest BCUT2D eigenvalue weighted by Crippen LogP contribution is -2.20. The molecule has 0 aromatic heterocycles. The maximum Gasteiger partial charge on any atom is 0.311 e. The fourth-order valence-corrected chi connectivity index (χ4v) is 3.18. The molecule has 0 aliphatic heterocycles. The van der Waals surface area contributed by atoms with E-state index in [4.69, 9.17) is 4.74 Å². The zero-order valence-corrected chi connectivity index (χ0v) is 14.2. The summed E-state index contributed by atoms with van der Waals surface area (Å²) in [6.45, 7) is 2.02. The molecule has 0 bridgehead atoms. The summed E-state index contributed by atoms with van der Waals surface area (Å²) >= 11 is 3.46. The Morgan fingerprint density at radius 2 is 1.86 bits per heavy atom. The summed E-state index contributed by atoms with van der Waals surface area (Å²) in [6.07, 6.45) is 0.749. The smallest absolute Gasteiger partial charge is 0.311 e. The zero-order valence-electron chi connectivity index (χ0n) is 12.6. The number of hydrogen-bond donors (Lipinski definition) is 1. The average molecular weight is 363 g/mol. The molecule has 0 heterocycles. The van der Waals surface area contributed by atoms with Crippen molar-refractivity contribution in [2.75, 3.05) is 7.11 Å². The van der Waals surface area contributed by atoms with Gasteiger partial charge in [-0.3, -0.25) is 4.79 Å². The molecule has 2 atom stereocenters. The van der Waals surface area contributed by atoms with Crippen LogP contribution in [0.2, 0.25) is 0 Å². The van der Waals surface area contributed by atoms with Crippen molar-refractivity contribution in [2.45, 2.75) is 25.2 Å². The highest BCUT2D eigenvalue weighted by atomic mass is 79.9. The van der Waals surface area contributed by atoms with Gasteiger partial charge >= 0.3 is 5.97 Å². The van der Waals surface area contributed by atoms with E-state index < -0.39 is 11.9 Å². The number of ether oxygens (including phenoxy) is 1. The van der Waals surface area contributed by atoms with Crippen LogP contribution in [0.15, 0.2) is 53.0 Å². The molecule has 2 aromatic rings. The molecule has 116 valence electrons. The summed E-state index contributed by atoms with van der Waals surface area (Å²) in [5.41, 5.74) is 1.82. The Bertz CT molecular complexity index is 637. The second-order valence-corrected chi connectivity index (χ2v) is 6.07. The van der Waals surface area contributed by atoms with Crippen LogP contribution >= 0.6 is 15.9 Å². The molecule has 2 rings (SSSR count). The summed E-state index contributed by atoms with van der Waals surface area (Å²) < 4.78 is 6.10. The summed E-state index contributed by atoms with van der Waals surface area (Å²) in [5.74, 6) is -0.742. The van der Waals surface area contributed by atoms with E-state index in [1.54, 1.807) is 19.2 Å². The van der Waals surface area contributed by atoms with Crippen LogP contribution in [-0.4, -0.2) is 18.2 Å². The minimum Gasteiger partial charge on any atom is -0.497 e. The second-order valence-electron chi connectivity index (χ2n) is 5.16.